The maximum atomic E-state index is 6.69. The summed E-state index contributed by atoms with van der Waals surface area (Å²) >= 11 is 0. The number of hydrogen-bond acceptors (Lipinski definition) is 1. The second kappa shape index (κ2) is 10.3. The van der Waals surface area contributed by atoms with Crippen LogP contribution in [0.3, 0.4) is 0 Å². The first kappa shape index (κ1) is 26.3. The molecule has 8 aromatic carbocycles. The standard InChI is InChI=1S/C46H30O/c1-2-13-31-27-32(24-23-29(31)11-1)44-37-16-5-7-18-39(37)45(40-19-8-6-17-38(40)44)33-25-26-41-43(28-33)47-42-22-10-21-36(46(41)42)35-20-9-14-30-12-3-4-15-34(30)35/h1-20,22-28,36H,21H2. The minimum atomic E-state index is 0.246. The van der Waals surface area contributed by atoms with Crippen LogP contribution in [0.25, 0.3) is 82.4 Å². The summed E-state index contributed by atoms with van der Waals surface area (Å²) in [6, 6.07) is 55.5. The molecule has 0 spiro atoms. The summed E-state index contributed by atoms with van der Waals surface area (Å²) in [7, 11) is 0. The van der Waals surface area contributed by atoms with Crippen LogP contribution in [-0.2, 0) is 0 Å². The van der Waals surface area contributed by atoms with Gasteiger partial charge in [0.15, 0.2) is 0 Å². The van der Waals surface area contributed by atoms with Crippen molar-refractivity contribution in [1.29, 1.82) is 0 Å². The van der Waals surface area contributed by atoms with Crippen molar-refractivity contribution in [3.8, 4) is 22.3 Å². The molecule has 0 saturated heterocycles. The van der Waals surface area contributed by atoms with Crippen LogP contribution < -0.4 is 0 Å². The van der Waals surface area contributed by atoms with Gasteiger partial charge < -0.3 is 4.42 Å². The fourth-order valence-electron chi connectivity index (χ4n) is 8.14. The summed E-state index contributed by atoms with van der Waals surface area (Å²) in [5.74, 6) is 1.22. The van der Waals surface area contributed by atoms with E-state index in [0.29, 0.717) is 0 Å². The zero-order valence-electron chi connectivity index (χ0n) is 25.8. The van der Waals surface area contributed by atoms with Crippen LogP contribution in [0.1, 0.15) is 29.2 Å². The molecule has 1 atom stereocenters. The molecule has 1 unspecified atom stereocenters. The smallest absolute Gasteiger partial charge is 0.135 e. The van der Waals surface area contributed by atoms with E-state index in [1.807, 2.05) is 0 Å². The summed E-state index contributed by atoms with van der Waals surface area (Å²) in [6.07, 6.45) is 5.40. The Balaban J connectivity index is 1.19. The van der Waals surface area contributed by atoms with E-state index in [0.717, 1.165) is 17.8 Å². The Kier molecular flexibility index (Phi) is 5.77. The van der Waals surface area contributed by atoms with Crippen LogP contribution in [0.2, 0.25) is 0 Å². The quantitative estimate of drug-likeness (QED) is 0.184. The molecule has 1 aromatic heterocycles. The van der Waals surface area contributed by atoms with E-state index in [-0.39, 0.29) is 5.92 Å². The fraction of sp³-hybridized carbons (Fsp3) is 0.0435. The predicted octanol–water partition coefficient (Wildman–Crippen LogP) is 12.9. The van der Waals surface area contributed by atoms with Gasteiger partial charge in [0.2, 0.25) is 0 Å². The van der Waals surface area contributed by atoms with Gasteiger partial charge >= 0.3 is 0 Å². The van der Waals surface area contributed by atoms with Crippen molar-refractivity contribution in [2.24, 2.45) is 0 Å². The minimum absolute atomic E-state index is 0.246. The molecule has 1 heterocycles. The fourth-order valence-corrected chi connectivity index (χ4v) is 8.14. The maximum Gasteiger partial charge on any atom is 0.135 e. The van der Waals surface area contributed by atoms with Crippen molar-refractivity contribution in [3.05, 3.63) is 175 Å². The lowest BCUT2D eigenvalue weighted by molar-refractivity contribution is 0.590. The molecule has 220 valence electrons. The largest absolute Gasteiger partial charge is 0.456 e. The van der Waals surface area contributed by atoms with Gasteiger partial charge in [-0.25, -0.2) is 0 Å². The highest BCUT2D eigenvalue weighted by molar-refractivity contribution is 6.22. The molecule has 1 aliphatic rings. The molecule has 9 aromatic rings. The lowest BCUT2D eigenvalue weighted by atomic mass is 9.81. The monoisotopic (exact) mass is 598 g/mol. The molecule has 0 aliphatic heterocycles. The number of rotatable bonds is 3. The third kappa shape index (κ3) is 4.03. The van der Waals surface area contributed by atoms with Gasteiger partial charge in [-0.05, 0) is 95.5 Å². The van der Waals surface area contributed by atoms with Crippen molar-refractivity contribution >= 4 is 60.1 Å². The van der Waals surface area contributed by atoms with Gasteiger partial charge in [0.25, 0.3) is 0 Å². The van der Waals surface area contributed by atoms with Gasteiger partial charge in [0.1, 0.15) is 11.3 Å². The zero-order valence-corrected chi connectivity index (χ0v) is 25.8. The van der Waals surface area contributed by atoms with E-state index in [1.54, 1.807) is 0 Å². The van der Waals surface area contributed by atoms with Gasteiger partial charge in [-0.15, -0.1) is 0 Å². The van der Waals surface area contributed by atoms with Gasteiger partial charge in [-0.2, -0.15) is 0 Å². The van der Waals surface area contributed by atoms with Crippen LogP contribution in [0.4, 0.5) is 0 Å². The van der Waals surface area contributed by atoms with Crippen molar-refractivity contribution in [2.75, 3.05) is 0 Å². The number of fused-ring (bicyclic) bond motifs is 7. The van der Waals surface area contributed by atoms with Crippen LogP contribution in [0.5, 0.6) is 0 Å². The summed E-state index contributed by atoms with van der Waals surface area (Å²) < 4.78 is 6.69. The summed E-state index contributed by atoms with van der Waals surface area (Å²) in [5.41, 5.74) is 8.54. The predicted molar refractivity (Wildman–Crippen MR) is 199 cm³/mol. The van der Waals surface area contributed by atoms with Crippen molar-refractivity contribution < 1.29 is 4.42 Å². The Morgan fingerprint density at radius 2 is 1.02 bits per heavy atom. The molecular weight excluding hydrogens is 569 g/mol. The molecule has 0 saturated carbocycles. The summed E-state index contributed by atoms with van der Waals surface area (Å²) in [6.45, 7) is 0. The molecular formula is C46H30O. The van der Waals surface area contributed by atoms with Gasteiger partial charge in [-0.1, -0.05) is 146 Å². The lowest BCUT2D eigenvalue weighted by Crippen LogP contribution is -2.04. The first-order valence-electron chi connectivity index (χ1n) is 16.5. The average molecular weight is 599 g/mol. The molecule has 10 rings (SSSR count). The molecule has 0 fully saturated rings. The van der Waals surface area contributed by atoms with E-state index in [1.165, 1.54) is 81.9 Å². The average Bonchev–Trinajstić information content (AvgIpc) is 3.51. The molecule has 1 aliphatic carbocycles. The van der Waals surface area contributed by atoms with E-state index in [2.05, 4.69) is 164 Å². The minimum Gasteiger partial charge on any atom is -0.456 e. The zero-order chi connectivity index (χ0) is 30.9. The van der Waals surface area contributed by atoms with Crippen LogP contribution >= 0.6 is 0 Å². The number of allylic oxidation sites excluding steroid dienone is 1. The third-order valence-corrected chi connectivity index (χ3v) is 10.2. The Labute approximate surface area is 273 Å². The normalized spacial score (nSPS) is 14.4. The lowest BCUT2D eigenvalue weighted by Gasteiger charge is -2.21. The second-order valence-corrected chi connectivity index (χ2v) is 12.8. The Bertz CT molecular complexity index is 2660. The van der Waals surface area contributed by atoms with Crippen molar-refractivity contribution in [1.82, 2.24) is 0 Å². The first-order chi connectivity index (χ1) is 23.3. The van der Waals surface area contributed by atoms with Gasteiger partial charge in [-0.3, -0.25) is 0 Å². The number of hydrogen-bond donors (Lipinski definition) is 0. The summed E-state index contributed by atoms with van der Waals surface area (Å²) in [5, 5.41) is 11.3. The van der Waals surface area contributed by atoms with Gasteiger partial charge in [0.05, 0.1) is 0 Å². The highest BCUT2D eigenvalue weighted by Crippen LogP contribution is 2.47. The highest BCUT2D eigenvalue weighted by atomic mass is 16.3. The number of furan rings is 1. The second-order valence-electron chi connectivity index (χ2n) is 12.8. The Morgan fingerprint density at radius 3 is 1.74 bits per heavy atom. The van der Waals surface area contributed by atoms with Crippen LogP contribution in [-0.4, -0.2) is 0 Å². The SMILES string of the molecule is C1=Cc2oc3cc(-c4c5ccccc5c(-c5ccc6ccccc6c5)c5ccccc45)ccc3c2C(c2cccc3ccccc23)C1. The van der Waals surface area contributed by atoms with Crippen molar-refractivity contribution in [2.45, 2.75) is 12.3 Å². The van der Waals surface area contributed by atoms with E-state index < -0.39 is 0 Å². The molecule has 0 N–H and O–H groups in total. The first-order valence-corrected chi connectivity index (χ1v) is 16.5. The van der Waals surface area contributed by atoms with Crippen LogP contribution in [0.15, 0.2) is 162 Å². The molecule has 1 nitrogen and oxygen atoms in total. The topological polar surface area (TPSA) is 13.1 Å². The molecule has 0 radical (unpaired) electrons. The summed E-state index contributed by atoms with van der Waals surface area (Å²) in [4.78, 5) is 0. The molecule has 47 heavy (non-hydrogen) atoms. The molecule has 0 amide bonds. The number of benzene rings is 8. The van der Waals surface area contributed by atoms with E-state index in [4.69, 9.17) is 4.42 Å². The Hall–Kier alpha value is -5.92. The maximum absolute atomic E-state index is 6.69. The third-order valence-electron chi connectivity index (χ3n) is 10.2. The van der Waals surface area contributed by atoms with Crippen LogP contribution in [0, 0.1) is 0 Å². The highest BCUT2D eigenvalue weighted by Gasteiger charge is 2.27. The van der Waals surface area contributed by atoms with Gasteiger partial charge in [0, 0.05) is 16.9 Å². The van der Waals surface area contributed by atoms with E-state index in [9.17, 15) is 0 Å². The van der Waals surface area contributed by atoms with Crippen molar-refractivity contribution in [3.63, 3.8) is 0 Å². The Morgan fingerprint density at radius 1 is 0.447 bits per heavy atom. The van der Waals surface area contributed by atoms with E-state index >= 15 is 0 Å². The molecule has 1 heteroatoms. The molecule has 0 bridgehead atoms.